The number of benzene rings is 2. The largest absolute Gasteiger partial charge is 0.497 e. The molecule has 0 saturated carbocycles. The topological polar surface area (TPSA) is 79.0 Å². The van der Waals surface area contributed by atoms with Gasteiger partial charge in [-0.15, -0.1) is 0 Å². The maximum Gasteiger partial charge on any atom is 0.224 e. The zero-order valence-electron chi connectivity index (χ0n) is 17.0. The highest BCUT2D eigenvalue weighted by Gasteiger charge is 2.26. The fourth-order valence-corrected chi connectivity index (χ4v) is 4.35. The van der Waals surface area contributed by atoms with Gasteiger partial charge in [-0.05, 0) is 42.0 Å². The van der Waals surface area contributed by atoms with Crippen molar-refractivity contribution in [3.05, 3.63) is 59.1 Å². The predicted molar refractivity (Wildman–Crippen MR) is 119 cm³/mol. The van der Waals surface area contributed by atoms with Crippen LogP contribution in [0.5, 0.6) is 5.75 Å². The minimum Gasteiger partial charge on any atom is -0.497 e. The molecule has 1 aliphatic rings. The van der Waals surface area contributed by atoms with Crippen LogP contribution in [-0.4, -0.2) is 58.8 Å². The normalized spacial score (nSPS) is 15.7. The van der Waals surface area contributed by atoms with Gasteiger partial charge in [-0.25, -0.2) is 13.1 Å². The van der Waals surface area contributed by atoms with Crippen molar-refractivity contribution >= 4 is 33.2 Å². The number of carbonyl (C=O) groups excluding carboxylic acids is 1. The number of amides is 1. The Balaban J connectivity index is 1.62. The Morgan fingerprint density at radius 2 is 1.67 bits per heavy atom. The molecule has 0 bridgehead atoms. The van der Waals surface area contributed by atoms with Crippen LogP contribution in [0.15, 0.2) is 48.5 Å². The molecule has 1 N–H and O–H groups in total. The molecule has 30 heavy (non-hydrogen) atoms. The molecule has 1 aliphatic heterocycles. The minimum absolute atomic E-state index is 0.0528. The van der Waals surface area contributed by atoms with Gasteiger partial charge in [0.05, 0.1) is 19.4 Å². The van der Waals surface area contributed by atoms with E-state index in [1.807, 2.05) is 24.3 Å². The average Bonchev–Trinajstić information content (AvgIpc) is 2.73. The second-order valence-corrected chi connectivity index (χ2v) is 9.48. The number of carbonyl (C=O) groups is 1. The number of nitrogens with one attached hydrogen (secondary N) is 1. The fraction of sp³-hybridized carbons (Fsp3) is 0.381. The van der Waals surface area contributed by atoms with Crippen molar-refractivity contribution in [3.8, 4) is 5.75 Å². The summed E-state index contributed by atoms with van der Waals surface area (Å²) in [6.07, 6.45) is 1.14. The van der Waals surface area contributed by atoms with Gasteiger partial charge in [0.2, 0.25) is 15.9 Å². The van der Waals surface area contributed by atoms with E-state index in [0.29, 0.717) is 36.8 Å². The van der Waals surface area contributed by atoms with E-state index in [-0.39, 0.29) is 12.3 Å². The third-order valence-electron chi connectivity index (χ3n) is 5.08. The van der Waals surface area contributed by atoms with Crippen molar-refractivity contribution in [1.82, 2.24) is 9.62 Å². The van der Waals surface area contributed by atoms with Crippen LogP contribution in [0, 0.1) is 0 Å². The zero-order chi connectivity index (χ0) is 21.7. The average molecular weight is 452 g/mol. The molecule has 2 aromatic rings. The highest BCUT2D eigenvalue weighted by Crippen LogP contribution is 2.23. The number of anilines is 1. The lowest BCUT2D eigenvalue weighted by Crippen LogP contribution is -2.49. The number of piperazine rings is 1. The summed E-state index contributed by atoms with van der Waals surface area (Å²) in [7, 11) is -1.85. The third kappa shape index (κ3) is 6.10. The van der Waals surface area contributed by atoms with Gasteiger partial charge >= 0.3 is 0 Å². The van der Waals surface area contributed by atoms with E-state index in [4.69, 9.17) is 16.3 Å². The van der Waals surface area contributed by atoms with Gasteiger partial charge < -0.3 is 14.5 Å². The van der Waals surface area contributed by atoms with Crippen molar-refractivity contribution in [2.45, 2.75) is 12.5 Å². The summed E-state index contributed by atoms with van der Waals surface area (Å²) in [5.74, 6) is 0.722. The molecule has 1 unspecified atom stereocenters. The van der Waals surface area contributed by atoms with Gasteiger partial charge in [-0.2, -0.15) is 0 Å². The van der Waals surface area contributed by atoms with Crippen LogP contribution in [-0.2, 0) is 14.8 Å². The van der Waals surface area contributed by atoms with Gasteiger partial charge in [0.15, 0.2) is 0 Å². The first-order valence-corrected chi connectivity index (χ1v) is 11.9. The molecular weight excluding hydrogens is 426 g/mol. The molecule has 0 radical (unpaired) electrons. The highest BCUT2D eigenvalue weighted by molar-refractivity contribution is 7.88. The molecular formula is C21H26ClN3O4S. The van der Waals surface area contributed by atoms with Gasteiger partial charge in [0, 0.05) is 43.3 Å². The summed E-state index contributed by atoms with van der Waals surface area (Å²) in [5.41, 5.74) is 1.79. The van der Waals surface area contributed by atoms with Crippen LogP contribution in [0.2, 0.25) is 5.02 Å². The van der Waals surface area contributed by atoms with Crippen LogP contribution in [0.1, 0.15) is 18.0 Å². The summed E-state index contributed by atoms with van der Waals surface area (Å²) < 4.78 is 31.4. The van der Waals surface area contributed by atoms with E-state index in [9.17, 15) is 13.2 Å². The number of methoxy groups -OCH3 is 1. The Bertz CT molecular complexity index is 957. The molecule has 1 saturated heterocycles. The second kappa shape index (κ2) is 9.68. The Hall–Kier alpha value is -2.29. The Morgan fingerprint density at radius 3 is 2.20 bits per heavy atom. The molecule has 1 fully saturated rings. The Kier molecular flexibility index (Phi) is 7.23. The first-order valence-electron chi connectivity index (χ1n) is 9.65. The summed E-state index contributed by atoms with van der Waals surface area (Å²) in [6, 6.07) is 14.1. The molecule has 7 nitrogen and oxygen atoms in total. The smallest absolute Gasteiger partial charge is 0.224 e. The van der Waals surface area contributed by atoms with Gasteiger partial charge in [0.1, 0.15) is 5.75 Å². The van der Waals surface area contributed by atoms with E-state index in [2.05, 4.69) is 9.62 Å². The van der Waals surface area contributed by atoms with Crippen molar-refractivity contribution in [2.75, 3.05) is 44.4 Å². The monoisotopic (exact) mass is 451 g/mol. The zero-order valence-corrected chi connectivity index (χ0v) is 18.6. The molecule has 3 rings (SSSR count). The van der Waals surface area contributed by atoms with E-state index in [1.54, 1.807) is 36.3 Å². The van der Waals surface area contributed by atoms with Crippen molar-refractivity contribution < 1.29 is 17.9 Å². The summed E-state index contributed by atoms with van der Waals surface area (Å²) in [5, 5.41) is 0.554. The number of ether oxygens (including phenoxy) is 1. The molecule has 0 aliphatic carbocycles. The van der Waals surface area contributed by atoms with E-state index in [0.717, 1.165) is 17.7 Å². The lowest BCUT2D eigenvalue weighted by molar-refractivity contribution is -0.132. The molecule has 1 amide bonds. The lowest BCUT2D eigenvalue weighted by Gasteiger charge is -2.36. The van der Waals surface area contributed by atoms with E-state index < -0.39 is 16.1 Å². The van der Waals surface area contributed by atoms with Crippen LogP contribution in [0.25, 0.3) is 0 Å². The maximum atomic E-state index is 12.9. The van der Waals surface area contributed by atoms with Crippen molar-refractivity contribution in [2.24, 2.45) is 0 Å². The van der Waals surface area contributed by atoms with Gasteiger partial charge in [-0.3, -0.25) is 4.79 Å². The molecule has 2 aromatic carbocycles. The van der Waals surface area contributed by atoms with Crippen molar-refractivity contribution in [1.29, 1.82) is 0 Å². The van der Waals surface area contributed by atoms with E-state index >= 15 is 0 Å². The third-order valence-corrected chi connectivity index (χ3v) is 6.04. The predicted octanol–water partition coefficient (Wildman–Crippen LogP) is 2.68. The fourth-order valence-electron chi connectivity index (χ4n) is 3.49. The number of hydrogen-bond donors (Lipinski definition) is 1. The number of rotatable bonds is 7. The van der Waals surface area contributed by atoms with Crippen molar-refractivity contribution in [3.63, 3.8) is 0 Å². The second-order valence-electron chi connectivity index (χ2n) is 7.26. The standard InChI is InChI=1S/C21H26ClN3O4S/c1-29-19-9-7-18(8-10-19)24-11-13-25(14-12-24)21(26)15-20(23-30(2,27)28)16-3-5-17(22)6-4-16/h3-10,20,23H,11-15H2,1-2H3. The lowest BCUT2D eigenvalue weighted by atomic mass is 10.0. The first-order chi connectivity index (χ1) is 14.2. The molecule has 0 aromatic heterocycles. The number of nitrogens with zero attached hydrogens (tertiary/aromatic N) is 2. The molecule has 162 valence electrons. The van der Waals surface area contributed by atoms with E-state index in [1.165, 1.54) is 0 Å². The quantitative estimate of drug-likeness (QED) is 0.700. The van der Waals surface area contributed by atoms with Gasteiger partial charge in [-0.1, -0.05) is 23.7 Å². The number of sulfonamides is 1. The molecule has 0 spiro atoms. The SMILES string of the molecule is COc1ccc(N2CCN(C(=O)CC(NS(C)(=O)=O)c3ccc(Cl)cc3)CC2)cc1. The minimum atomic E-state index is -3.48. The summed E-state index contributed by atoms with van der Waals surface area (Å²) >= 11 is 5.93. The number of halogens is 1. The highest BCUT2D eigenvalue weighted by atomic mass is 35.5. The van der Waals surface area contributed by atoms with Crippen LogP contribution < -0.4 is 14.4 Å². The maximum absolute atomic E-state index is 12.9. The van der Waals surface area contributed by atoms with Gasteiger partial charge in [0.25, 0.3) is 0 Å². The Labute approximate surface area is 182 Å². The molecule has 9 heteroatoms. The van der Waals surface area contributed by atoms with Crippen LogP contribution in [0.3, 0.4) is 0 Å². The number of hydrogen-bond acceptors (Lipinski definition) is 5. The molecule has 1 atom stereocenters. The summed E-state index contributed by atoms with van der Waals surface area (Å²) in [6.45, 7) is 2.58. The first kappa shape index (κ1) is 22.4. The van der Waals surface area contributed by atoms with Crippen LogP contribution >= 0.6 is 11.6 Å². The Morgan fingerprint density at radius 1 is 1.07 bits per heavy atom. The molecule has 1 heterocycles. The van der Waals surface area contributed by atoms with Crippen LogP contribution in [0.4, 0.5) is 5.69 Å². The summed E-state index contributed by atoms with van der Waals surface area (Å²) in [4.78, 5) is 16.9.